The first-order chi connectivity index (χ1) is 23.6. The Balaban J connectivity index is 3.61. The Morgan fingerprint density at radius 1 is 0.458 bits per heavy atom. The van der Waals surface area contributed by atoms with Crippen molar-refractivity contribution < 1.29 is 19.1 Å². The van der Waals surface area contributed by atoms with Gasteiger partial charge in [0.15, 0.2) is 0 Å². The summed E-state index contributed by atoms with van der Waals surface area (Å²) in [5.41, 5.74) is 0.523. The van der Waals surface area contributed by atoms with Crippen LogP contribution in [0.4, 0.5) is 0 Å². The van der Waals surface area contributed by atoms with E-state index in [2.05, 4.69) is 26.0 Å². The zero-order valence-corrected chi connectivity index (χ0v) is 31.9. The molecule has 48 heavy (non-hydrogen) atoms. The Bertz CT molecular complexity index is 812. The van der Waals surface area contributed by atoms with E-state index in [1.165, 1.54) is 160 Å². The van der Waals surface area contributed by atoms with Crippen molar-refractivity contribution >= 4 is 11.9 Å². The second kappa shape index (κ2) is 39.3. The molecular formula is C43H77NO4. The molecule has 0 amide bonds. The molecule has 0 radical (unpaired) electrons. The molecule has 0 rings (SSSR count). The van der Waals surface area contributed by atoms with Gasteiger partial charge in [-0.25, -0.2) is 0 Å². The third-order valence-electron chi connectivity index (χ3n) is 9.23. The van der Waals surface area contributed by atoms with E-state index >= 15 is 0 Å². The molecule has 0 aromatic carbocycles. The smallest absolute Gasteiger partial charge is 0.306 e. The molecule has 0 heterocycles. The maximum Gasteiger partial charge on any atom is 0.306 e. The molecule has 0 aliphatic heterocycles. The van der Waals surface area contributed by atoms with Crippen LogP contribution in [0.25, 0.3) is 0 Å². The fourth-order valence-corrected chi connectivity index (χ4v) is 6.04. The SMILES string of the molecule is CCCCCC=CCCCCCCCCCCCCC(=O)OCC(=CC#N)COC(=O)CCCCCCCCCCCCCCCCC. The number of nitrogens with zero attached hydrogens (tertiary/aromatic N) is 1. The number of rotatable bonds is 37. The quantitative estimate of drug-likeness (QED) is 0.0284. The lowest BCUT2D eigenvalue weighted by molar-refractivity contribution is -0.144. The standard InChI is InChI=1S/C43H77NO4/c1-3-5-7-9-11-13-15-17-19-20-22-24-26-28-30-32-34-36-43(46)48-40-41(37-38-44)39-47-42(45)35-33-31-29-27-25-23-21-18-16-14-12-10-8-6-4-2/h11,13,37H,3-10,12,14-36,39-40H2,1-2H3. The first kappa shape index (κ1) is 45.9. The lowest BCUT2D eigenvalue weighted by Crippen LogP contribution is -2.13. The molecule has 0 aliphatic rings. The van der Waals surface area contributed by atoms with Gasteiger partial charge in [0.1, 0.15) is 13.2 Å². The Hall–Kier alpha value is -2.09. The number of ether oxygens (including phenoxy) is 2. The molecule has 278 valence electrons. The summed E-state index contributed by atoms with van der Waals surface area (Å²) in [7, 11) is 0. The van der Waals surface area contributed by atoms with Gasteiger partial charge in [-0.1, -0.05) is 180 Å². The minimum Gasteiger partial charge on any atom is -0.461 e. The Labute approximate surface area is 298 Å². The second-order valence-corrected chi connectivity index (χ2v) is 14.0. The molecule has 0 aliphatic carbocycles. The molecule has 0 aromatic heterocycles. The summed E-state index contributed by atoms with van der Waals surface area (Å²) in [6.45, 7) is 4.54. The Morgan fingerprint density at radius 2 is 0.750 bits per heavy atom. The van der Waals surface area contributed by atoms with Crippen LogP contribution in [-0.2, 0) is 19.1 Å². The summed E-state index contributed by atoms with van der Waals surface area (Å²) < 4.78 is 10.7. The topological polar surface area (TPSA) is 76.4 Å². The lowest BCUT2D eigenvalue weighted by atomic mass is 10.0. The monoisotopic (exact) mass is 672 g/mol. The van der Waals surface area contributed by atoms with Crippen molar-refractivity contribution in [2.24, 2.45) is 0 Å². The van der Waals surface area contributed by atoms with E-state index < -0.39 is 0 Å². The van der Waals surface area contributed by atoms with Gasteiger partial charge in [-0.2, -0.15) is 5.26 Å². The van der Waals surface area contributed by atoms with Crippen LogP contribution in [0.1, 0.15) is 219 Å². The number of hydrogen-bond donors (Lipinski definition) is 0. The van der Waals surface area contributed by atoms with Crippen LogP contribution in [0.3, 0.4) is 0 Å². The fourth-order valence-electron chi connectivity index (χ4n) is 6.04. The van der Waals surface area contributed by atoms with Crippen molar-refractivity contribution in [1.29, 1.82) is 5.26 Å². The Kier molecular flexibility index (Phi) is 37.6. The largest absolute Gasteiger partial charge is 0.461 e. The van der Waals surface area contributed by atoms with Crippen LogP contribution in [0, 0.1) is 11.3 Å². The molecule has 0 atom stereocenters. The van der Waals surface area contributed by atoms with E-state index in [-0.39, 0.29) is 25.2 Å². The summed E-state index contributed by atoms with van der Waals surface area (Å²) >= 11 is 0. The minimum absolute atomic E-state index is 0.00782. The van der Waals surface area contributed by atoms with Gasteiger partial charge < -0.3 is 9.47 Å². The average Bonchev–Trinajstić information content (AvgIpc) is 3.09. The molecule has 0 bridgehead atoms. The van der Waals surface area contributed by atoms with Gasteiger partial charge in [0.05, 0.1) is 6.07 Å². The highest BCUT2D eigenvalue weighted by molar-refractivity contribution is 5.70. The molecule has 0 N–H and O–H groups in total. The number of esters is 2. The molecule has 5 heteroatoms. The zero-order valence-electron chi connectivity index (χ0n) is 31.9. The third-order valence-corrected chi connectivity index (χ3v) is 9.23. The van der Waals surface area contributed by atoms with Crippen molar-refractivity contribution in [2.45, 2.75) is 219 Å². The maximum atomic E-state index is 12.2. The molecule has 0 saturated carbocycles. The van der Waals surface area contributed by atoms with E-state index in [0.717, 1.165) is 38.5 Å². The number of carbonyl (C=O) groups is 2. The highest BCUT2D eigenvalue weighted by Gasteiger charge is 2.09. The fraction of sp³-hybridized carbons (Fsp3) is 0.837. The van der Waals surface area contributed by atoms with Crippen molar-refractivity contribution in [3.63, 3.8) is 0 Å². The van der Waals surface area contributed by atoms with E-state index in [0.29, 0.717) is 18.4 Å². The van der Waals surface area contributed by atoms with Crippen molar-refractivity contribution in [1.82, 2.24) is 0 Å². The van der Waals surface area contributed by atoms with Gasteiger partial charge in [-0.15, -0.1) is 0 Å². The van der Waals surface area contributed by atoms with Gasteiger partial charge in [0, 0.05) is 24.5 Å². The summed E-state index contributed by atoms with van der Waals surface area (Å²) in [5, 5.41) is 9.08. The van der Waals surface area contributed by atoms with Crippen LogP contribution in [0.15, 0.2) is 23.8 Å². The van der Waals surface area contributed by atoms with Gasteiger partial charge in [-0.05, 0) is 38.5 Å². The van der Waals surface area contributed by atoms with E-state index in [4.69, 9.17) is 14.7 Å². The summed E-state index contributed by atoms with van der Waals surface area (Å²) in [5.74, 6) is -0.500. The first-order valence-electron chi connectivity index (χ1n) is 20.7. The van der Waals surface area contributed by atoms with Crippen LogP contribution in [0.5, 0.6) is 0 Å². The predicted octanol–water partition coefficient (Wildman–Crippen LogP) is 13.6. The minimum atomic E-state index is -0.251. The van der Waals surface area contributed by atoms with Gasteiger partial charge in [0.25, 0.3) is 0 Å². The molecule has 0 fully saturated rings. The first-order valence-corrected chi connectivity index (χ1v) is 20.7. The Morgan fingerprint density at radius 3 is 1.10 bits per heavy atom. The lowest BCUT2D eigenvalue weighted by Gasteiger charge is -2.09. The highest BCUT2D eigenvalue weighted by atomic mass is 16.5. The number of hydrogen-bond acceptors (Lipinski definition) is 5. The van der Waals surface area contributed by atoms with E-state index in [1.54, 1.807) is 0 Å². The third kappa shape index (κ3) is 36.7. The molecule has 0 unspecified atom stereocenters. The molecular weight excluding hydrogens is 594 g/mol. The number of unbranched alkanes of at least 4 members (excludes halogenated alkanes) is 27. The average molecular weight is 672 g/mol. The van der Waals surface area contributed by atoms with Crippen LogP contribution < -0.4 is 0 Å². The van der Waals surface area contributed by atoms with Crippen LogP contribution in [0.2, 0.25) is 0 Å². The molecule has 0 aromatic rings. The second-order valence-electron chi connectivity index (χ2n) is 14.0. The highest BCUT2D eigenvalue weighted by Crippen LogP contribution is 2.15. The van der Waals surface area contributed by atoms with Crippen molar-refractivity contribution in [3.05, 3.63) is 23.8 Å². The van der Waals surface area contributed by atoms with Crippen molar-refractivity contribution in [3.8, 4) is 6.07 Å². The molecule has 0 saturated heterocycles. The summed E-state index contributed by atoms with van der Waals surface area (Å²) in [4.78, 5) is 24.3. The molecule has 5 nitrogen and oxygen atoms in total. The summed E-state index contributed by atoms with van der Waals surface area (Å²) in [6, 6.07) is 1.97. The van der Waals surface area contributed by atoms with Crippen LogP contribution in [-0.4, -0.2) is 25.2 Å². The van der Waals surface area contributed by atoms with Gasteiger partial charge >= 0.3 is 11.9 Å². The van der Waals surface area contributed by atoms with E-state index in [9.17, 15) is 9.59 Å². The van der Waals surface area contributed by atoms with E-state index in [1.807, 2.05) is 6.07 Å². The number of nitriles is 1. The summed E-state index contributed by atoms with van der Waals surface area (Å²) in [6.07, 6.45) is 44.8. The van der Waals surface area contributed by atoms with Gasteiger partial charge in [0.2, 0.25) is 0 Å². The van der Waals surface area contributed by atoms with Crippen LogP contribution >= 0.6 is 0 Å². The zero-order chi connectivity index (χ0) is 35.0. The predicted molar refractivity (Wildman–Crippen MR) is 204 cm³/mol. The van der Waals surface area contributed by atoms with Gasteiger partial charge in [-0.3, -0.25) is 9.59 Å². The maximum absolute atomic E-state index is 12.2. The molecule has 0 spiro atoms. The van der Waals surface area contributed by atoms with Crippen molar-refractivity contribution in [2.75, 3.05) is 13.2 Å². The number of allylic oxidation sites excluding steroid dienone is 3. The number of carbonyl (C=O) groups excluding carboxylic acids is 2. The normalized spacial score (nSPS) is 11.6.